The van der Waals surface area contributed by atoms with Gasteiger partial charge in [-0.2, -0.15) is 5.10 Å². The molecule has 34 heavy (non-hydrogen) atoms. The predicted octanol–water partition coefficient (Wildman–Crippen LogP) is 4.60. The Morgan fingerprint density at radius 2 is 2.12 bits per heavy atom. The van der Waals surface area contributed by atoms with E-state index in [1.807, 2.05) is 17.9 Å². The number of thiophene rings is 1. The van der Waals surface area contributed by atoms with E-state index in [2.05, 4.69) is 36.3 Å². The summed E-state index contributed by atoms with van der Waals surface area (Å²) in [7, 11) is 0. The Kier molecular flexibility index (Phi) is 6.87. The first-order valence-electron chi connectivity index (χ1n) is 11.9. The third-order valence-electron chi connectivity index (χ3n) is 6.39. The molecule has 2 aliphatic heterocycles. The van der Waals surface area contributed by atoms with Crippen molar-refractivity contribution in [2.45, 2.75) is 52.3 Å². The van der Waals surface area contributed by atoms with Gasteiger partial charge in [0.05, 0.1) is 12.6 Å². The molecule has 8 heteroatoms. The van der Waals surface area contributed by atoms with Gasteiger partial charge in [-0.05, 0) is 69.0 Å². The van der Waals surface area contributed by atoms with E-state index < -0.39 is 0 Å². The van der Waals surface area contributed by atoms with Gasteiger partial charge in [-0.3, -0.25) is 9.48 Å². The Morgan fingerprint density at radius 3 is 2.85 bits per heavy atom. The van der Waals surface area contributed by atoms with Crippen LogP contribution in [-0.4, -0.2) is 53.1 Å². The van der Waals surface area contributed by atoms with Crippen molar-refractivity contribution in [3.8, 4) is 21.9 Å². The summed E-state index contributed by atoms with van der Waals surface area (Å²) < 4.78 is 20.1. The molecule has 1 amide bonds. The highest BCUT2D eigenvalue weighted by Gasteiger charge is 2.25. The van der Waals surface area contributed by atoms with Gasteiger partial charge in [-0.1, -0.05) is 0 Å². The lowest BCUT2D eigenvalue weighted by molar-refractivity contribution is -0.132. The summed E-state index contributed by atoms with van der Waals surface area (Å²) in [4.78, 5) is 17.4. The first-order valence-corrected chi connectivity index (χ1v) is 12.8. The van der Waals surface area contributed by atoms with E-state index in [9.17, 15) is 4.79 Å². The van der Waals surface area contributed by atoms with Crippen LogP contribution < -0.4 is 9.47 Å². The molecule has 1 atom stereocenters. The van der Waals surface area contributed by atoms with Gasteiger partial charge in [-0.25, -0.2) is 0 Å². The van der Waals surface area contributed by atoms with Gasteiger partial charge in [0.2, 0.25) is 5.91 Å². The number of aryl methyl sites for hydroxylation is 2. The lowest BCUT2D eigenvalue weighted by atomic mass is 10.1. The lowest BCUT2D eigenvalue weighted by Gasteiger charge is -2.24. The predicted molar refractivity (Wildman–Crippen MR) is 131 cm³/mol. The monoisotopic (exact) mass is 481 g/mol. The number of ether oxygens (including phenoxy) is 3. The SMILES string of the molecule is Cc1ccc(-c2cc3c(c(OC[C@H]4CCCCO4)c2)OCCN(C(=O)Cn2nccc2C)C3)s1. The fourth-order valence-corrected chi connectivity index (χ4v) is 5.30. The average Bonchev–Trinajstić information content (AvgIpc) is 3.39. The van der Waals surface area contributed by atoms with Crippen molar-refractivity contribution in [3.63, 3.8) is 0 Å². The molecule has 0 N–H and O–H groups in total. The van der Waals surface area contributed by atoms with Crippen molar-refractivity contribution in [2.75, 3.05) is 26.4 Å². The maximum absolute atomic E-state index is 13.1. The van der Waals surface area contributed by atoms with Crippen LogP contribution in [-0.2, 0) is 22.6 Å². The molecular formula is C26H31N3O4S. The summed E-state index contributed by atoms with van der Waals surface area (Å²) in [5, 5.41) is 4.26. The molecule has 4 heterocycles. The Hall–Kier alpha value is -2.84. The highest BCUT2D eigenvalue weighted by molar-refractivity contribution is 7.15. The van der Waals surface area contributed by atoms with E-state index in [0.29, 0.717) is 26.3 Å². The Labute approximate surface area is 204 Å². The minimum Gasteiger partial charge on any atom is -0.487 e. The largest absolute Gasteiger partial charge is 0.487 e. The molecule has 2 aromatic heterocycles. The Balaban J connectivity index is 1.42. The van der Waals surface area contributed by atoms with Gasteiger partial charge in [-0.15, -0.1) is 11.3 Å². The molecule has 5 rings (SSSR count). The highest BCUT2D eigenvalue weighted by atomic mass is 32.1. The van der Waals surface area contributed by atoms with Gasteiger partial charge in [0, 0.05) is 40.4 Å². The fraction of sp³-hybridized carbons (Fsp3) is 0.462. The second-order valence-electron chi connectivity index (χ2n) is 8.97. The number of amides is 1. The molecule has 180 valence electrons. The number of nitrogens with zero attached hydrogens (tertiary/aromatic N) is 3. The van der Waals surface area contributed by atoms with Gasteiger partial charge in [0.1, 0.15) is 19.8 Å². The second kappa shape index (κ2) is 10.2. The number of carbonyl (C=O) groups is 1. The van der Waals surface area contributed by atoms with Crippen LogP contribution in [0.4, 0.5) is 0 Å². The Morgan fingerprint density at radius 1 is 1.21 bits per heavy atom. The van der Waals surface area contributed by atoms with E-state index >= 15 is 0 Å². The molecule has 0 unspecified atom stereocenters. The summed E-state index contributed by atoms with van der Waals surface area (Å²) in [6.07, 6.45) is 5.13. The van der Waals surface area contributed by atoms with Crippen molar-refractivity contribution in [1.82, 2.24) is 14.7 Å². The number of aromatic nitrogens is 2. The number of carbonyl (C=O) groups excluding carboxylic acids is 1. The molecule has 2 aliphatic rings. The molecule has 0 radical (unpaired) electrons. The van der Waals surface area contributed by atoms with E-state index in [1.165, 1.54) is 16.2 Å². The van der Waals surface area contributed by atoms with Crippen LogP contribution in [0.15, 0.2) is 36.5 Å². The molecule has 0 aliphatic carbocycles. The average molecular weight is 482 g/mol. The van der Waals surface area contributed by atoms with Crippen LogP contribution in [0.1, 0.15) is 35.4 Å². The number of benzene rings is 1. The molecule has 1 saturated heterocycles. The minimum atomic E-state index is 0.0266. The van der Waals surface area contributed by atoms with Gasteiger partial charge < -0.3 is 19.1 Å². The molecule has 1 aromatic carbocycles. The molecule has 3 aromatic rings. The van der Waals surface area contributed by atoms with Crippen molar-refractivity contribution in [1.29, 1.82) is 0 Å². The van der Waals surface area contributed by atoms with Gasteiger partial charge in [0.15, 0.2) is 11.5 Å². The summed E-state index contributed by atoms with van der Waals surface area (Å²) in [6, 6.07) is 10.4. The van der Waals surface area contributed by atoms with Crippen LogP contribution in [0.25, 0.3) is 10.4 Å². The molecule has 0 spiro atoms. The summed E-state index contributed by atoms with van der Waals surface area (Å²) >= 11 is 1.75. The maximum Gasteiger partial charge on any atom is 0.244 e. The van der Waals surface area contributed by atoms with Crippen molar-refractivity contribution >= 4 is 17.2 Å². The van der Waals surface area contributed by atoms with Crippen LogP contribution >= 0.6 is 11.3 Å². The van der Waals surface area contributed by atoms with Crippen molar-refractivity contribution in [2.24, 2.45) is 0 Å². The zero-order valence-electron chi connectivity index (χ0n) is 19.8. The van der Waals surface area contributed by atoms with E-state index in [4.69, 9.17) is 14.2 Å². The second-order valence-corrected chi connectivity index (χ2v) is 10.3. The first kappa shape index (κ1) is 22.9. The summed E-state index contributed by atoms with van der Waals surface area (Å²) in [5.74, 6) is 1.49. The van der Waals surface area contributed by atoms with Crippen molar-refractivity contribution in [3.05, 3.63) is 52.7 Å². The summed E-state index contributed by atoms with van der Waals surface area (Å²) in [5.41, 5.74) is 3.01. The van der Waals surface area contributed by atoms with Crippen LogP contribution in [0.5, 0.6) is 11.5 Å². The molecular weight excluding hydrogens is 450 g/mol. The van der Waals surface area contributed by atoms with E-state index in [1.54, 1.807) is 22.2 Å². The standard InChI is InChI=1S/C26H31N3O4S/c1-18-8-9-27-29(18)16-25(30)28-10-12-32-26-21(15-28)13-20(24-7-6-19(2)34-24)14-23(26)33-17-22-5-3-4-11-31-22/h6-9,13-14,22H,3-5,10-12,15-17H2,1-2H3/t22-/m1/s1. The number of fused-ring (bicyclic) bond motifs is 1. The van der Waals surface area contributed by atoms with Crippen molar-refractivity contribution < 1.29 is 19.0 Å². The van der Waals surface area contributed by atoms with Crippen LogP contribution in [0.2, 0.25) is 0 Å². The number of hydrogen-bond acceptors (Lipinski definition) is 6. The van der Waals surface area contributed by atoms with E-state index in [-0.39, 0.29) is 18.6 Å². The van der Waals surface area contributed by atoms with Gasteiger partial charge in [0.25, 0.3) is 0 Å². The molecule has 1 fully saturated rings. The topological polar surface area (TPSA) is 65.8 Å². The van der Waals surface area contributed by atoms with Crippen LogP contribution in [0.3, 0.4) is 0 Å². The van der Waals surface area contributed by atoms with Crippen LogP contribution in [0, 0.1) is 13.8 Å². The zero-order chi connectivity index (χ0) is 23.5. The zero-order valence-corrected chi connectivity index (χ0v) is 20.6. The van der Waals surface area contributed by atoms with Gasteiger partial charge >= 0.3 is 0 Å². The summed E-state index contributed by atoms with van der Waals surface area (Å²) in [6.45, 7) is 7.00. The number of rotatable bonds is 6. The minimum absolute atomic E-state index is 0.0266. The van der Waals surface area contributed by atoms with E-state index in [0.717, 1.165) is 47.8 Å². The molecule has 0 saturated carbocycles. The third kappa shape index (κ3) is 5.13. The molecule has 7 nitrogen and oxygen atoms in total. The molecule has 0 bridgehead atoms. The first-order chi connectivity index (χ1) is 16.6. The Bertz CT molecular complexity index is 1150. The fourth-order valence-electron chi connectivity index (χ4n) is 4.45. The normalized spacial score (nSPS) is 18.2. The lowest BCUT2D eigenvalue weighted by Crippen LogP contribution is -2.35. The highest BCUT2D eigenvalue weighted by Crippen LogP contribution is 2.40. The number of hydrogen-bond donors (Lipinski definition) is 0. The maximum atomic E-state index is 13.1. The quantitative estimate of drug-likeness (QED) is 0.515. The third-order valence-corrected chi connectivity index (χ3v) is 7.44. The smallest absolute Gasteiger partial charge is 0.244 e.